The van der Waals surface area contributed by atoms with Crippen molar-refractivity contribution in [2.24, 2.45) is 0 Å². The van der Waals surface area contributed by atoms with Crippen LogP contribution in [-0.2, 0) is 9.53 Å². The Balaban J connectivity index is 1.92. The predicted octanol–water partition coefficient (Wildman–Crippen LogP) is 3.32. The molecule has 2 rings (SSSR count). The van der Waals surface area contributed by atoms with Gasteiger partial charge in [0, 0.05) is 23.9 Å². The van der Waals surface area contributed by atoms with Gasteiger partial charge in [-0.2, -0.15) is 0 Å². The van der Waals surface area contributed by atoms with Gasteiger partial charge >= 0.3 is 6.09 Å². The number of carbonyl (C=O) groups excluding carboxylic acids is 2. The summed E-state index contributed by atoms with van der Waals surface area (Å²) in [6, 6.07) is 7.64. The van der Waals surface area contributed by atoms with E-state index in [1.807, 2.05) is 24.3 Å². The number of carbonyl (C=O) groups is 2. The molecule has 0 bridgehead atoms. The highest BCUT2D eigenvalue weighted by Gasteiger charge is 2.29. The van der Waals surface area contributed by atoms with Crippen molar-refractivity contribution in [3.05, 3.63) is 29.8 Å². The molecule has 1 aliphatic heterocycles. The number of ether oxygens (including phenoxy) is 2. The maximum Gasteiger partial charge on any atom is 0.408 e. The first-order chi connectivity index (χ1) is 11.6. The van der Waals surface area contributed by atoms with Gasteiger partial charge in [-0.25, -0.2) is 4.79 Å². The average Bonchev–Trinajstić information content (AvgIpc) is 2.44. The molecule has 1 aromatic carbocycles. The maximum atomic E-state index is 12.5. The molecule has 2 N–H and O–H groups in total. The van der Waals surface area contributed by atoms with E-state index in [0.29, 0.717) is 6.61 Å². The van der Waals surface area contributed by atoms with Crippen molar-refractivity contribution in [1.29, 1.82) is 0 Å². The van der Waals surface area contributed by atoms with Crippen LogP contribution in [-0.4, -0.2) is 29.7 Å². The Labute approximate surface area is 149 Å². The highest BCUT2D eigenvalue weighted by atomic mass is 16.6. The number of alkyl carbamates (subject to hydrolysis) is 1. The molecule has 1 heterocycles. The zero-order valence-electron chi connectivity index (χ0n) is 15.6. The van der Waals surface area contributed by atoms with E-state index in [4.69, 9.17) is 9.47 Å². The fourth-order valence-corrected chi connectivity index (χ4v) is 2.76. The van der Waals surface area contributed by atoms with E-state index in [1.54, 1.807) is 34.6 Å². The lowest BCUT2D eigenvalue weighted by Gasteiger charge is -2.30. The van der Waals surface area contributed by atoms with Crippen LogP contribution in [0.4, 0.5) is 4.79 Å². The number of hydrogen-bond acceptors (Lipinski definition) is 4. The Morgan fingerprint density at radius 1 is 1.20 bits per heavy atom. The van der Waals surface area contributed by atoms with Gasteiger partial charge in [-0.05, 0) is 40.7 Å². The molecule has 138 valence electrons. The van der Waals surface area contributed by atoms with Gasteiger partial charge in [0.25, 0.3) is 0 Å². The Bertz CT molecular complexity index is 635. The van der Waals surface area contributed by atoms with Gasteiger partial charge in [0.15, 0.2) is 0 Å². The van der Waals surface area contributed by atoms with Gasteiger partial charge in [-0.1, -0.05) is 18.2 Å². The lowest BCUT2D eigenvalue weighted by atomic mass is 9.97. The lowest BCUT2D eigenvalue weighted by molar-refractivity contribution is -0.123. The van der Waals surface area contributed by atoms with E-state index in [1.165, 1.54) is 0 Å². The fraction of sp³-hybridized carbons (Fsp3) is 0.579. The molecule has 6 heteroatoms. The Kier molecular flexibility index (Phi) is 5.60. The second-order valence-corrected chi connectivity index (χ2v) is 7.98. The average molecular weight is 348 g/mol. The van der Waals surface area contributed by atoms with Crippen LogP contribution in [0.3, 0.4) is 0 Å². The highest BCUT2D eigenvalue weighted by Crippen LogP contribution is 2.31. The summed E-state index contributed by atoms with van der Waals surface area (Å²) in [6.45, 7) is 9.57. The second kappa shape index (κ2) is 7.33. The molecular formula is C19H28N2O4. The first-order valence-corrected chi connectivity index (χ1v) is 8.58. The largest absolute Gasteiger partial charge is 0.493 e. The number of nitrogens with one attached hydrogen (secondary N) is 2. The molecule has 0 fully saturated rings. The van der Waals surface area contributed by atoms with Crippen LogP contribution in [0.25, 0.3) is 0 Å². The van der Waals surface area contributed by atoms with E-state index in [9.17, 15) is 9.59 Å². The summed E-state index contributed by atoms with van der Waals surface area (Å²) >= 11 is 0. The minimum atomic E-state index is -0.711. The zero-order valence-corrected chi connectivity index (χ0v) is 15.6. The summed E-state index contributed by atoms with van der Waals surface area (Å²) in [5.74, 6) is 0.688. The summed E-state index contributed by atoms with van der Waals surface area (Å²) in [7, 11) is 0. The summed E-state index contributed by atoms with van der Waals surface area (Å²) < 4.78 is 10.9. The molecular weight excluding hydrogens is 320 g/mol. The van der Waals surface area contributed by atoms with Crippen LogP contribution in [0.1, 0.15) is 59.1 Å². The van der Waals surface area contributed by atoms with Crippen LogP contribution in [0, 0.1) is 0 Å². The molecule has 0 saturated carbocycles. The van der Waals surface area contributed by atoms with Gasteiger partial charge < -0.3 is 20.1 Å². The van der Waals surface area contributed by atoms with E-state index in [0.717, 1.165) is 17.7 Å². The van der Waals surface area contributed by atoms with Crippen molar-refractivity contribution in [2.45, 2.75) is 64.6 Å². The maximum absolute atomic E-state index is 12.5. The summed E-state index contributed by atoms with van der Waals surface area (Å²) in [5, 5.41) is 5.80. The molecule has 1 aromatic rings. The van der Waals surface area contributed by atoms with E-state index >= 15 is 0 Å². The molecule has 6 nitrogen and oxygen atoms in total. The van der Waals surface area contributed by atoms with Crippen LogP contribution in [0.5, 0.6) is 5.75 Å². The van der Waals surface area contributed by atoms with Crippen LogP contribution in [0.15, 0.2) is 24.3 Å². The fourth-order valence-electron chi connectivity index (χ4n) is 2.76. The van der Waals surface area contributed by atoms with E-state index in [-0.39, 0.29) is 18.4 Å². The number of amides is 2. The van der Waals surface area contributed by atoms with Gasteiger partial charge in [-0.15, -0.1) is 0 Å². The van der Waals surface area contributed by atoms with Crippen LogP contribution < -0.4 is 15.4 Å². The second-order valence-electron chi connectivity index (χ2n) is 7.98. The zero-order chi connectivity index (χ0) is 18.7. The minimum Gasteiger partial charge on any atom is -0.493 e. The van der Waals surface area contributed by atoms with Crippen molar-refractivity contribution in [3.8, 4) is 5.75 Å². The highest BCUT2D eigenvalue weighted by molar-refractivity contribution is 5.79. The summed E-state index contributed by atoms with van der Waals surface area (Å²) in [6.07, 6.45) is 0.357. The quantitative estimate of drug-likeness (QED) is 0.875. The predicted molar refractivity (Wildman–Crippen MR) is 95.5 cm³/mol. The summed E-state index contributed by atoms with van der Waals surface area (Å²) in [5.41, 5.74) is -0.300. The number of hydrogen-bond donors (Lipinski definition) is 2. The van der Waals surface area contributed by atoms with Crippen molar-refractivity contribution in [3.63, 3.8) is 0 Å². The molecule has 0 aromatic heterocycles. The molecule has 2 amide bonds. The molecule has 0 saturated heterocycles. The van der Waals surface area contributed by atoms with Crippen LogP contribution >= 0.6 is 0 Å². The monoisotopic (exact) mass is 348 g/mol. The Morgan fingerprint density at radius 2 is 1.88 bits per heavy atom. The molecule has 0 spiro atoms. The van der Waals surface area contributed by atoms with Crippen molar-refractivity contribution >= 4 is 12.0 Å². The van der Waals surface area contributed by atoms with Gasteiger partial charge in [0.1, 0.15) is 11.4 Å². The van der Waals surface area contributed by atoms with Crippen molar-refractivity contribution in [1.82, 2.24) is 10.6 Å². The van der Waals surface area contributed by atoms with Gasteiger partial charge in [-0.3, -0.25) is 4.79 Å². The minimum absolute atomic E-state index is 0.0743. The van der Waals surface area contributed by atoms with Crippen molar-refractivity contribution < 1.29 is 19.1 Å². The molecule has 0 aliphatic carbocycles. The smallest absolute Gasteiger partial charge is 0.408 e. The third kappa shape index (κ3) is 5.96. The molecule has 1 unspecified atom stereocenters. The van der Waals surface area contributed by atoms with Crippen LogP contribution in [0.2, 0.25) is 0 Å². The Hall–Kier alpha value is -2.24. The molecule has 1 aliphatic rings. The third-order valence-corrected chi connectivity index (χ3v) is 3.74. The lowest BCUT2D eigenvalue weighted by Crippen LogP contribution is -2.48. The molecule has 1 atom stereocenters. The number of para-hydroxylation sites is 1. The third-order valence-electron chi connectivity index (χ3n) is 3.74. The standard InChI is InChI=1S/C19H28N2O4/c1-18(2,3)25-17(23)21-19(4,5)12-16(22)20-14-10-11-24-15-9-7-6-8-13(14)15/h6-9,14H,10-12H2,1-5H3,(H,20,22)(H,21,23). The summed E-state index contributed by atoms with van der Waals surface area (Å²) in [4.78, 5) is 24.4. The van der Waals surface area contributed by atoms with Gasteiger partial charge in [0.05, 0.1) is 12.6 Å². The number of fused-ring (bicyclic) bond motifs is 1. The number of benzene rings is 1. The normalized spacial score (nSPS) is 17.1. The van der Waals surface area contributed by atoms with Crippen molar-refractivity contribution in [2.75, 3.05) is 6.61 Å². The topological polar surface area (TPSA) is 76.7 Å². The first-order valence-electron chi connectivity index (χ1n) is 8.58. The SMILES string of the molecule is CC(C)(CC(=O)NC1CCOc2ccccc21)NC(=O)OC(C)(C)C. The molecule has 25 heavy (non-hydrogen) atoms. The van der Waals surface area contributed by atoms with E-state index < -0.39 is 17.2 Å². The first kappa shape index (κ1) is 19.1. The van der Waals surface area contributed by atoms with Gasteiger partial charge in [0.2, 0.25) is 5.91 Å². The Morgan fingerprint density at radius 3 is 2.56 bits per heavy atom. The number of rotatable bonds is 4. The van der Waals surface area contributed by atoms with E-state index in [2.05, 4.69) is 10.6 Å². The molecule has 0 radical (unpaired) electrons.